The first kappa shape index (κ1) is 16.9. The SMILES string of the molecule is CCCCN(Cc1ccc([N+](=O)[O-])cc1)[C@@H]1CCS(=O)(=O)C1. The van der Waals surface area contributed by atoms with E-state index in [1.54, 1.807) is 12.1 Å². The van der Waals surface area contributed by atoms with Gasteiger partial charge in [0.2, 0.25) is 0 Å². The lowest BCUT2D eigenvalue weighted by Crippen LogP contribution is -2.36. The van der Waals surface area contributed by atoms with Gasteiger partial charge in [0.15, 0.2) is 9.84 Å². The monoisotopic (exact) mass is 326 g/mol. The Hall–Kier alpha value is -1.47. The van der Waals surface area contributed by atoms with Crippen LogP contribution in [0.4, 0.5) is 5.69 Å². The summed E-state index contributed by atoms with van der Waals surface area (Å²) in [4.78, 5) is 12.5. The molecule has 0 aromatic heterocycles. The molecule has 0 amide bonds. The molecule has 0 saturated carbocycles. The molecule has 6 nitrogen and oxygen atoms in total. The lowest BCUT2D eigenvalue weighted by atomic mass is 10.1. The Morgan fingerprint density at radius 1 is 1.32 bits per heavy atom. The summed E-state index contributed by atoms with van der Waals surface area (Å²) in [6.45, 7) is 3.60. The maximum absolute atomic E-state index is 11.7. The highest BCUT2D eigenvalue weighted by molar-refractivity contribution is 7.91. The average molecular weight is 326 g/mol. The van der Waals surface area contributed by atoms with E-state index in [0.717, 1.165) is 24.9 Å². The molecule has 1 atom stereocenters. The molecule has 22 heavy (non-hydrogen) atoms. The Kier molecular flexibility index (Phi) is 5.52. The van der Waals surface area contributed by atoms with Crippen molar-refractivity contribution in [3.05, 3.63) is 39.9 Å². The molecule has 1 heterocycles. The number of hydrogen-bond acceptors (Lipinski definition) is 5. The fourth-order valence-corrected chi connectivity index (χ4v) is 4.53. The van der Waals surface area contributed by atoms with Gasteiger partial charge in [-0.3, -0.25) is 15.0 Å². The van der Waals surface area contributed by atoms with Crippen LogP contribution in [0.5, 0.6) is 0 Å². The number of sulfone groups is 1. The molecule has 0 bridgehead atoms. The molecule has 1 aliphatic heterocycles. The second-order valence-electron chi connectivity index (χ2n) is 5.80. The Morgan fingerprint density at radius 3 is 2.50 bits per heavy atom. The molecule has 0 spiro atoms. The fraction of sp³-hybridized carbons (Fsp3) is 0.600. The summed E-state index contributed by atoms with van der Waals surface area (Å²) in [7, 11) is -2.91. The number of hydrogen-bond donors (Lipinski definition) is 0. The van der Waals surface area contributed by atoms with E-state index in [4.69, 9.17) is 0 Å². The normalized spacial score (nSPS) is 20.4. The number of benzene rings is 1. The summed E-state index contributed by atoms with van der Waals surface area (Å²) in [6, 6.07) is 6.56. The van der Waals surface area contributed by atoms with E-state index in [2.05, 4.69) is 11.8 Å². The molecule has 122 valence electrons. The minimum Gasteiger partial charge on any atom is -0.295 e. The zero-order valence-electron chi connectivity index (χ0n) is 12.8. The van der Waals surface area contributed by atoms with Crippen molar-refractivity contribution in [2.75, 3.05) is 18.1 Å². The zero-order chi connectivity index (χ0) is 16.2. The highest BCUT2D eigenvalue weighted by Crippen LogP contribution is 2.21. The molecule has 2 rings (SSSR count). The Bertz CT molecular complexity index is 613. The van der Waals surface area contributed by atoms with Crippen LogP contribution in [0.15, 0.2) is 24.3 Å². The molecule has 1 aromatic carbocycles. The lowest BCUT2D eigenvalue weighted by molar-refractivity contribution is -0.384. The van der Waals surface area contributed by atoms with E-state index >= 15 is 0 Å². The third-order valence-corrected chi connectivity index (χ3v) is 5.81. The molecule has 0 N–H and O–H groups in total. The fourth-order valence-electron chi connectivity index (χ4n) is 2.77. The van der Waals surface area contributed by atoms with Gasteiger partial charge < -0.3 is 0 Å². The molecule has 1 aromatic rings. The van der Waals surface area contributed by atoms with Gasteiger partial charge in [-0.2, -0.15) is 0 Å². The first-order valence-electron chi connectivity index (χ1n) is 7.59. The summed E-state index contributed by atoms with van der Waals surface area (Å²) in [5.41, 5.74) is 1.05. The molecule has 1 fully saturated rings. The van der Waals surface area contributed by atoms with Crippen molar-refractivity contribution >= 4 is 15.5 Å². The maximum atomic E-state index is 11.7. The molecular formula is C15H22N2O4S. The Labute approximate surface area is 131 Å². The molecule has 0 aliphatic carbocycles. The van der Waals surface area contributed by atoms with Gasteiger partial charge in [-0.05, 0) is 24.9 Å². The van der Waals surface area contributed by atoms with Crippen LogP contribution >= 0.6 is 0 Å². The first-order valence-corrected chi connectivity index (χ1v) is 9.41. The van der Waals surface area contributed by atoms with Gasteiger partial charge in [0.05, 0.1) is 16.4 Å². The third kappa shape index (κ3) is 4.51. The zero-order valence-corrected chi connectivity index (χ0v) is 13.6. The number of nitro groups is 1. The van der Waals surface area contributed by atoms with E-state index in [0.29, 0.717) is 13.0 Å². The molecule has 1 aliphatic rings. The molecule has 0 radical (unpaired) electrons. The summed E-state index contributed by atoms with van der Waals surface area (Å²) < 4.78 is 23.4. The van der Waals surface area contributed by atoms with Crippen LogP contribution in [0.3, 0.4) is 0 Å². The standard InChI is InChI=1S/C15H22N2O4S/c1-2-3-9-16(15-8-10-22(20,21)12-15)11-13-4-6-14(7-5-13)17(18)19/h4-7,15H,2-3,8-12H2,1H3/t15-/m1/s1. The van der Waals surface area contributed by atoms with Crippen molar-refractivity contribution in [3.63, 3.8) is 0 Å². The lowest BCUT2D eigenvalue weighted by Gasteiger charge is -2.28. The van der Waals surface area contributed by atoms with Crippen LogP contribution in [0.1, 0.15) is 31.7 Å². The third-order valence-electron chi connectivity index (χ3n) is 4.06. The van der Waals surface area contributed by atoms with E-state index in [1.807, 2.05) is 0 Å². The van der Waals surface area contributed by atoms with Crippen molar-refractivity contribution in [1.29, 1.82) is 0 Å². The van der Waals surface area contributed by atoms with Gasteiger partial charge in [0.25, 0.3) is 5.69 Å². The first-order chi connectivity index (χ1) is 10.4. The molecular weight excluding hydrogens is 304 g/mol. The van der Waals surface area contributed by atoms with E-state index in [-0.39, 0.29) is 23.2 Å². The van der Waals surface area contributed by atoms with Gasteiger partial charge in [0.1, 0.15) is 0 Å². The van der Waals surface area contributed by atoms with Crippen LogP contribution in [-0.2, 0) is 16.4 Å². The number of non-ortho nitro benzene ring substituents is 1. The van der Waals surface area contributed by atoms with Crippen LogP contribution < -0.4 is 0 Å². The van der Waals surface area contributed by atoms with Crippen molar-refractivity contribution < 1.29 is 13.3 Å². The second kappa shape index (κ2) is 7.19. The number of nitro benzene ring substituents is 1. The van der Waals surface area contributed by atoms with Gasteiger partial charge >= 0.3 is 0 Å². The Morgan fingerprint density at radius 2 is 2.00 bits per heavy atom. The largest absolute Gasteiger partial charge is 0.295 e. The van der Waals surface area contributed by atoms with Crippen LogP contribution in [0.2, 0.25) is 0 Å². The van der Waals surface area contributed by atoms with Crippen LogP contribution in [0.25, 0.3) is 0 Å². The minimum atomic E-state index is -2.91. The van der Waals surface area contributed by atoms with Gasteiger partial charge in [-0.25, -0.2) is 8.42 Å². The highest BCUT2D eigenvalue weighted by Gasteiger charge is 2.31. The number of nitrogens with zero attached hydrogens (tertiary/aromatic N) is 2. The topological polar surface area (TPSA) is 80.5 Å². The molecule has 7 heteroatoms. The summed E-state index contributed by atoms with van der Waals surface area (Å²) in [6.07, 6.45) is 2.75. The summed E-state index contributed by atoms with van der Waals surface area (Å²) >= 11 is 0. The smallest absolute Gasteiger partial charge is 0.269 e. The highest BCUT2D eigenvalue weighted by atomic mass is 32.2. The van der Waals surface area contributed by atoms with E-state index < -0.39 is 14.8 Å². The van der Waals surface area contributed by atoms with Crippen molar-refractivity contribution in [2.45, 2.75) is 38.8 Å². The minimum absolute atomic E-state index is 0.0618. The number of unbranched alkanes of at least 4 members (excludes halogenated alkanes) is 1. The summed E-state index contributed by atoms with van der Waals surface area (Å²) in [5.74, 6) is 0.490. The van der Waals surface area contributed by atoms with Gasteiger partial charge in [0, 0.05) is 24.7 Å². The van der Waals surface area contributed by atoms with Crippen molar-refractivity contribution in [2.24, 2.45) is 0 Å². The second-order valence-corrected chi connectivity index (χ2v) is 8.03. The van der Waals surface area contributed by atoms with Crippen molar-refractivity contribution in [1.82, 2.24) is 4.90 Å². The van der Waals surface area contributed by atoms with Crippen molar-refractivity contribution in [3.8, 4) is 0 Å². The maximum Gasteiger partial charge on any atom is 0.269 e. The Balaban J connectivity index is 2.07. The van der Waals surface area contributed by atoms with Gasteiger partial charge in [-0.15, -0.1) is 0 Å². The predicted molar refractivity (Wildman–Crippen MR) is 85.5 cm³/mol. The summed E-state index contributed by atoms with van der Waals surface area (Å²) in [5, 5.41) is 10.7. The van der Waals surface area contributed by atoms with E-state index in [1.165, 1.54) is 12.1 Å². The van der Waals surface area contributed by atoms with E-state index in [9.17, 15) is 18.5 Å². The predicted octanol–water partition coefficient (Wildman–Crippen LogP) is 2.38. The average Bonchev–Trinajstić information content (AvgIpc) is 2.84. The van der Waals surface area contributed by atoms with Crippen LogP contribution in [-0.4, -0.2) is 42.3 Å². The number of rotatable bonds is 7. The van der Waals surface area contributed by atoms with Crippen LogP contribution in [0, 0.1) is 10.1 Å². The molecule has 1 saturated heterocycles. The van der Waals surface area contributed by atoms with Gasteiger partial charge in [-0.1, -0.05) is 25.5 Å². The molecule has 0 unspecified atom stereocenters. The quantitative estimate of drug-likeness (QED) is 0.567.